The van der Waals surface area contributed by atoms with Gasteiger partial charge in [-0.25, -0.2) is 14.4 Å². The highest BCUT2D eigenvalue weighted by Gasteiger charge is 2.27. The van der Waals surface area contributed by atoms with Crippen LogP contribution in [0.3, 0.4) is 0 Å². The van der Waals surface area contributed by atoms with Gasteiger partial charge in [-0.2, -0.15) is 10.2 Å². The van der Waals surface area contributed by atoms with E-state index in [1.54, 1.807) is 29.4 Å². The normalized spacial score (nSPS) is 14.0. The molecule has 1 aliphatic rings. The number of anilines is 1. The highest BCUT2D eigenvalue weighted by molar-refractivity contribution is 6.35. The Morgan fingerprint density at radius 3 is 2.62 bits per heavy atom. The van der Waals surface area contributed by atoms with Crippen LogP contribution in [-0.2, 0) is 4.79 Å². The SMILES string of the molecule is C=CC(=O)N1CCN(c2nc(-c3ccn[nH]3)nc3c(F)c(-c4c(C)ccc5[nH]ncc45)c(Cl)cc23)CC1. The van der Waals surface area contributed by atoms with E-state index < -0.39 is 5.82 Å². The molecule has 0 spiro atoms. The Kier molecular flexibility index (Phi) is 5.60. The van der Waals surface area contributed by atoms with E-state index >= 15 is 4.39 Å². The number of aromatic amines is 2. The highest BCUT2D eigenvalue weighted by Crippen LogP contribution is 2.42. The predicted molar refractivity (Wildman–Crippen MR) is 141 cm³/mol. The number of aromatic nitrogens is 6. The maximum atomic E-state index is 16.5. The van der Waals surface area contributed by atoms with Gasteiger partial charge in [0.25, 0.3) is 0 Å². The minimum atomic E-state index is -0.538. The molecule has 0 saturated carbocycles. The molecule has 6 rings (SSSR count). The van der Waals surface area contributed by atoms with Gasteiger partial charge < -0.3 is 9.80 Å². The van der Waals surface area contributed by atoms with Crippen molar-refractivity contribution in [2.24, 2.45) is 0 Å². The van der Waals surface area contributed by atoms with Crippen molar-refractivity contribution in [2.45, 2.75) is 6.92 Å². The molecule has 1 saturated heterocycles. The van der Waals surface area contributed by atoms with Gasteiger partial charge >= 0.3 is 0 Å². The van der Waals surface area contributed by atoms with Crippen LogP contribution < -0.4 is 4.90 Å². The van der Waals surface area contributed by atoms with Gasteiger partial charge in [-0.1, -0.05) is 24.2 Å². The summed E-state index contributed by atoms with van der Waals surface area (Å²) >= 11 is 6.79. The lowest BCUT2D eigenvalue weighted by Gasteiger charge is -2.35. The van der Waals surface area contributed by atoms with Crippen molar-refractivity contribution >= 4 is 45.1 Å². The first-order valence-corrected chi connectivity index (χ1v) is 12.1. The van der Waals surface area contributed by atoms with E-state index in [9.17, 15) is 4.79 Å². The van der Waals surface area contributed by atoms with Crippen LogP contribution in [0.5, 0.6) is 0 Å². The number of nitrogens with one attached hydrogen (secondary N) is 2. The number of carbonyl (C=O) groups excluding carboxylic acids is 1. The molecule has 0 bridgehead atoms. The predicted octanol–water partition coefficient (Wildman–Crippen LogP) is 4.50. The molecule has 37 heavy (non-hydrogen) atoms. The Morgan fingerprint density at radius 1 is 1.08 bits per heavy atom. The Bertz CT molecular complexity index is 1670. The summed E-state index contributed by atoms with van der Waals surface area (Å²) < 4.78 is 16.5. The third-order valence-corrected chi connectivity index (χ3v) is 7.05. The first-order valence-electron chi connectivity index (χ1n) is 11.7. The monoisotopic (exact) mass is 516 g/mol. The van der Waals surface area contributed by atoms with Crippen molar-refractivity contribution < 1.29 is 9.18 Å². The second-order valence-corrected chi connectivity index (χ2v) is 9.30. The number of aryl methyl sites for hydroxylation is 1. The molecule has 5 aromatic rings. The third kappa shape index (κ3) is 3.80. The second-order valence-electron chi connectivity index (χ2n) is 8.89. The molecule has 1 fully saturated rings. The van der Waals surface area contributed by atoms with Gasteiger partial charge in [-0.15, -0.1) is 0 Å². The summed E-state index contributed by atoms with van der Waals surface area (Å²) in [4.78, 5) is 25.2. The number of nitrogens with zero attached hydrogens (tertiary/aromatic N) is 6. The molecule has 2 N–H and O–H groups in total. The number of fused-ring (bicyclic) bond motifs is 2. The molecule has 11 heteroatoms. The Hall–Kier alpha value is -4.31. The van der Waals surface area contributed by atoms with Crippen LogP contribution in [0.4, 0.5) is 10.2 Å². The molecule has 0 unspecified atom stereocenters. The molecule has 3 aromatic heterocycles. The molecule has 0 radical (unpaired) electrons. The zero-order valence-electron chi connectivity index (χ0n) is 19.9. The number of carbonyl (C=O) groups is 1. The van der Waals surface area contributed by atoms with Crippen LogP contribution in [0.15, 0.2) is 49.3 Å². The Balaban J connectivity index is 1.56. The number of halogens is 2. The minimum Gasteiger partial charge on any atom is -0.352 e. The van der Waals surface area contributed by atoms with E-state index in [0.29, 0.717) is 54.5 Å². The number of hydrogen-bond donors (Lipinski definition) is 2. The van der Waals surface area contributed by atoms with E-state index in [2.05, 4.69) is 32.0 Å². The molecular formula is C26H22ClFN8O. The third-order valence-electron chi connectivity index (χ3n) is 6.75. The summed E-state index contributed by atoms with van der Waals surface area (Å²) in [7, 11) is 0. The number of rotatable bonds is 4. The van der Waals surface area contributed by atoms with E-state index in [1.807, 2.05) is 24.0 Å². The summed E-state index contributed by atoms with van der Waals surface area (Å²) in [5.74, 6) is 0.206. The topological polar surface area (TPSA) is 107 Å². The van der Waals surface area contributed by atoms with Crippen LogP contribution in [0.1, 0.15) is 5.56 Å². The lowest BCUT2D eigenvalue weighted by Crippen LogP contribution is -2.48. The Morgan fingerprint density at radius 2 is 1.89 bits per heavy atom. The average molecular weight is 517 g/mol. The molecule has 2 aromatic carbocycles. The number of piperazine rings is 1. The molecule has 4 heterocycles. The highest BCUT2D eigenvalue weighted by atomic mass is 35.5. The fourth-order valence-electron chi connectivity index (χ4n) is 4.88. The number of H-pyrrole nitrogens is 2. The van der Waals surface area contributed by atoms with Crippen molar-refractivity contribution in [3.63, 3.8) is 0 Å². The van der Waals surface area contributed by atoms with Gasteiger partial charge in [0.1, 0.15) is 17.0 Å². The maximum absolute atomic E-state index is 16.5. The number of benzene rings is 2. The van der Waals surface area contributed by atoms with Crippen LogP contribution in [0.2, 0.25) is 5.02 Å². The van der Waals surface area contributed by atoms with Crippen LogP contribution in [-0.4, -0.2) is 67.3 Å². The molecule has 0 atom stereocenters. The van der Waals surface area contributed by atoms with E-state index in [1.165, 1.54) is 6.08 Å². The lowest BCUT2D eigenvalue weighted by molar-refractivity contribution is -0.126. The fraction of sp³-hybridized carbons (Fsp3) is 0.192. The zero-order chi connectivity index (χ0) is 25.7. The second kappa shape index (κ2) is 8.97. The van der Waals surface area contributed by atoms with Gasteiger partial charge in [-0.3, -0.25) is 15.0 Å². The Labute approximate surface area is 216 Å². The van der Waals surface area contributed by atoms with Crippen LogP contribution in [0, 0.1) is 12.7 Å². The maximum Gasteiger partial charge on any atom is 0.246 e. The van der Waals surface area contributed by atoms with E-state index in [-0.39, 0.29) is 22.0 Å². The minimum absolute atomic E-state index is 0.118. The first-order chi connectivity index (χ1) is 18.0. The standard InChI is InChI=1S/C26H22ClFN8O/c1-3-20(37)35-8-10-36(11-9-35)26-15-12-17(27)22(21-14(2)4-5-18-16(21)13-30-33-18)23(28)24(15)31-25(32-26)19-6-7-29-34-19/h3-7,12-13H,1,8-11H2,2H3,(H,29,34)(H,30,33). The first kappa shape index (κ1) is 23.1. The summed E-state index contributed by atoms with van der Waals surface area (Å²) in [6, 6.07) is 7.26. The number of hydrogen-bond acceptors (Lipinski definition) is 6. The largest absolute Gasteiger partial charge is 0.352 e. The molecule has 0 aliphatic carbocycles. The van der Waals surface area contributed by atoms with Crippen LogP contribution in [0.25, 0.3) is 44.5 Å². The van der Waals surface area contributed by atoms with Crippen molar-refractivity contribution in [2.75, 3.05) is 31.1 Å². The molecule has 1 aliphatic heterocycles. The summed E-state index contributed by atoms with van der Waals surface area (Å²) in [5.41, 5.74) is 3.28. The van der Waals surface area contributed by atoms with Crippen LogP contribution >= 0.6 is 11.6 Å². The summed E-state index contributed by atoms with van der Waals surface area (Å²) in [5, 5.41) is 15.5. The fourth-order valence-corrected chi connectivity index (χ4v) is 5.16. The summed E-state index contributed by atoms with van der Waals surface area (Å²) in [6.45, 7) is 7.50. The zero-order valence-corrected chi connectivity index (χ0v) is 20.7. The van der Waals surface area contributed by atoms with Gasteiger partial charge in [0.2, 0.25) is 5.91 Å². The summed E-state index contributed by atoms with van der Waals surface area (Å²) in [6.07, 6.45) is 4.57. The quantitative estimate of drug-likeness (QED) is 0.341. The van der Waals surface area contributed by atoms with Crippen molar-refractivity contribution in [1.82, 2.24) is 35.3 Å². The van der Waals surface area contributed by atoms with Crippen molar-refractivity contribution in [3.05, 3.63) is 65.7 Å². The molecular weight excluding hydrogens is 495 g/mol. The van der Waals surface area contributed by atoms with E-state index in [4.69, 9.17) is 16.6 Å². The molecule has 186 valence electrons. The van der Waals surface area contributed by atoms with Crippen molar-refractivity contribution in [3.8, 4) is 22.6 Å². The molecule has 9 nitrogen and oxygen atoms in total. The van der Waals surface area contributed by atoms with Gasteiger partial charge in [0.05, 0.1) is 16.7 Å². The lowest BCUT2D eigenvalue weighted by atomic mass is 9.95. The van der Waals surface area contributed by atoms with Gasteiger partial charge in [0.15, 0.2) is 11.6 Å². The van der Waals surface area contributed by atoms with Gasteiger partial charge in [0, 0.05) is 54.3 Å². The van der Waals surface area contributed by atoms with Gasteiger partial charge in [-0.05, 0) is 36.8 Å². The smallest absolute Gasteiger partial charge is 0.246 e. The van der Waals surface area contributed by atoms with E-state index in [0.717, 1.165) is 16.5 Å². The average Bonchev–Trinajstić information content (AvgIpc) is 3.62. The number of amides is 1. The molecule has 1 amide bonds. The van der Waals surface area contributed by atoms with Crippen molar-refractivity contribution in [1.29, 1.82) is 0 Å².